The van der Waals surface area contributed by atoms with E-state index in [-0.39, 0.29) is 12.1 Å². The number of rotatable bonds is 6. The molecule has 0 N–H and O–H groups in total. The molecule has 1 atom stereocenters. The maximum absolute atomic E-state index is 12.8. The summed E-state index contributed by atoms with van der Waals surface area (Å²) in [5.41, 5.74) is 0.793. The van der Waals surface area contributed by atoms with Gasteiger partial charge < -0.3 is 14.4 Å². The van der Waals surface area contributed by atoms with Crippen molar-refractivity contribution >= 4 is 6.09 Å². The average molecular weight is 397 g/mol. The van der Waals surface area contributed by atoms with E-state index in [9.17, 15) is 4.79 Å². The normalized spacial score (nSPS) is 17.8. The summed E-state index contributed by atoms with van der Waals surface area (Å²) in [5, 5.41) is 0. The van der Waals surface area contributed by atoms with Gasteiger partial charge >= 0.3 is 6.09 Å². The molecular weight excluding hydrogens is 364 g/mol. The van der Waals surface area contributed by atoms with Gasteiger partial charge in [-0.3, -0.25) is 4.90 Å². The minimum Gasteiger partial charge on any atom is -0.494 e. The maximum atomic E-state index is 12.8. The molecule has 5 heteroatoms. The van der Waals surface area contributed by atoms with Crippen LogP contribution in [-0.4, -0.2) is 53.8 Å². The number of hydrogen-bond donors (Lipinski definition) is 0. The lowest BCUT2D eigenvalue weighted by Crippen LogP contribution is -2.56. The first-order valence-electron chi connectivity index (χ1n) is 10.3. The summed E-state index contributed by atoms with van der Waals surface area (Å²) in [6, 6.07) is 20.3. The van der Waals surface area contributed by atoms with Crippen LogP contribution in [-0.2, 0) is 11.3 Å². The van der Waals surface area contributed by atoms with Crippen LogP contribution in [0.1, 0.15) is 32.8 Å². The van der Waals surface area contributed by atoms with Gasteiger partial charge in [-0.15, -0.1) is 0 Å². The van der Waals surface area contributed by atoms with Crippen LogP contribution < -0.4 is 4.74 Å². The van der Waals surface area contributed by atoms with Crippen molar-refractivity contribution in [3.8, 4) is 5.75 Å². The number of hydrogen-bond acceptors (Lipinski definition) is 4. The molecule has 29 heavy (non-hydrogen) atoms. The van der Waals surface area contributed by atoms with Crippen molar-refractivity contribution in [3.63, 3.8) is 0 Å². The molecule has 1 heterocycles. The molecule has 5 nitrogen and oxygen atoms in total. The minimum atomic E-state index is -0.497. The molecule has 0 saturated carbocycles. The topological polar surface area (TPSA) is 42.0 Å². The molecule has 2 aromatic rings. The molecule has 156 valence electrons. The van der Waals surface area contributed by atoms with Crippen molar-refractivity contribution in [2.45, 2.75) is 45.4 Å². The quantitative estimate of drug-likeness (QED) is 0.717. The van der Waals surface area contributed by atoms with Crippen LogP contribution in [0.5, 0.6) is 5.75 Å². The van der Waals surface area contributed by atoms with Gasteiger partial charge in [-0.1, -0.05) is 48.5 Å². The van der Waals surface area contributed by atoms with Crippen LogP contribution in [0.15, 0.2) is 60.7 Å². The van der Waals surface area contributed by atoms with Crippen molar-refractivity contribution in [1.82, 2.24) is 9.80 Å². The van der Waals surface area contributed by atoms with Gasteiger partial charge in [0, 0.05) is 32.6 Å². The van der Waals surface area contributed by atoms with Gasteiger partial charge in [0.25, 0.3) is 0 Å². The fraction of sp³-hybridized carbons (Fsp3) is 0.458. The van der Waals surface area contributed by atoms with Gasteiger partial charge in [0.05, 0.1) is 12.6 Å². The summed E-state index contributed by atoms with van der Waals surface area (Å²) in [6.07, 6.45) is 0.529. The van der Waals surface area contributed by atoms with Gasteiger partial charge in [-0.05, 0) is 38.5 Å². The third kappa shape index (κ3) is 6.79. The summed E-state index contributed by atoms with van der Waals surface area (Å²) in [6.45, 7) is 9.48. The molecule has 0 aromatic heterocycles. The Morgan fingerprint density at radius 3 is 2.31 bits per heavy atom. The third-order valence-electron chi connectivity index (χ3n) is 4.91. The van der Waals surface area contributed by atoms with E-state index in [1.165, 1.54) is 5.56 Å². The number of carbonyl (C=O) groups is 1. The van der Waals surface area contributed by atoms with E-state index in [0.717, 1.165) is 31.8 Å². The molecule has 3 rings (SSSR count). The minimum absolute atomic E-state index is 0.0611. The number of amides is 1. The van der Waals surface area contributed by atoms with Crippen molar-refractivity contribution in [1.29, 1.82) is 0 Å². The highest BCUT2D eigenvalue weighted by Crippen LogP contribution is 2.20. The Balaban J connectivity index is 1.62. The molecule has 1 aliphatic heterocycles. The van der Waals surface area contributed by atoms with Crippen molar-refractivity contribution < 1.29 is 14.3 Å². The van der Waals surface area contributed by atoms with E-state index >= 15 is 0 Å². The molecule has 1 aliphatic rings. The molecular formula is C24H32N2O3. The predicted molar refractivity (Wildman–Crippen MR) is 115 cm³/mol. The molecule has 0 bridgehead atoms. The highest BCUT2D eigenvalue weighted by atomic mass is 16.6. The van der Waals surface area contributed by atoms with Gasteiger partial charge in [0.15, 0.2) is 0 Å². The second kappa shape index (κ2) is 9.79. The van der Waals surface area contributed by atoms with E-state index < -0.39 is 5.60 Å². The highest BCUT2D eigenvalue weighted by molar-refractivity contribution is 5.68. The van der Waals surface area contributed by atoms with Gasteiger partial charge in [-0.25, -0.2) is 4.79 Å². The summed E-state index contributed by atoms with van der Waals surface area (Å²) in [7, 11) is 0. The van der Waals surface area contributed by atoms with Gasteiger partial charge in [0.2, 0.25) is 0 Å². The number of piperazine rings is 1. The second-order valence-electron chi connectivity index (χ2n) is 8.50. The number of nitrogens with zero attached hydrogens (tertiary/aromatic N) is 2. The number of benzene rings is 2. The molecule has 1 saturated heterocycles. The molecule has 1 fully saturated rings. The Hall–Kier alpha value is -2.53. The smallest absolute Gasteiger partial charge is 0.410 e. The van der Waals surface area contributed by atoms with E-state index in [0.29, 0.717) is 13.2 Å². The van der Waals surface area contributed by atoms with Crippen LogP contribution in [0.4, 0.5) is 4.79 Å². The standard InChI is InChI=1S/C24H32N2O3/c1-24(2,3)29-23(27)26-16-15-25(18-20-10-6-4-7-11-20)19-21(26)14-17-28-22-12-8-5-9-13-22/h4-13,21H,14-19H2,1-3H3/t21-/m0/s1. The lowest BCUT2D eigenvalue weighted by atomic mass is 10.1. The first-order valence-corrected chi connectivity index (χ1v) is 10.3. The summed E-state index contributed by atoms with van der Waals surface area (Å²) < 4.78 is 11.5. The zero-order valence-corrected chi connectivity index (χ0v) is 17.7. The first-order chi connectivity index (χ1) is 13.9. The Morgan fingerprint density at radius 2 is 1.66 bits per heavy atom. The Labute approximate surface area is 174 Å². The fourth-order valence-electron chi connectivity index (χ4n) is 3.54. The largest absolute Gasteiger partial charge is 0.494 e. The van der Waals surface area contributed by atoms with Crippen LogP contribution in [0.25, 0.3) is 0 Å². The monoisotopic (exact) mass is 396 g/mol. The molecule has 0 unspecified atom stereocenters. The number of carbonyl (C=O) groups excluding carboxylic acids is 1. The van der Waals surface area contributed by atoms with Crippen molar-refractivity contribution in [3.05, 3.63) is 66.2 Å². The molecule has 0 spiro atoms. The third-order valence-corrected chi connectivity index (χ3v) is 4.91. The molecule has 0 radical (unpaired) electrons. The van der Waals surface area contributed by atoms with Crippen LogP contribution in [0.3, 0.4) is 0 Å². The summed E-state index contributed by atoms with van der Waals surface area (Å²) in [4.78, 5) is 17.0. The number of para-hydroxylation sites is 1. The van der Waals surface area contributed by atoms with E-state index in [4.69, 9.17) is 9.47 Å². The molecule has 1 amide bonds. The van der Waals surface area contributed by atoms with Crippen molar-refractivity contribution in [2.75, 3.05) is 26.2 Å². The van der Waals surface area contributed by atoms with Crippen LogP contribution in [0, 0.1) is 0 Å². The molecule has 0 aliphatic carbocycles. The van der Waals surface area contributed by atoms with Crippen LogP contribution in [0.2, 0.25) is 0 Å². The zero-order valence-electron chi connectivity index (χ0n) is 17.7. The highest BCUT2D eigenvalue weighted by Gasteiger charge is 2.33. The van der Waals surface area contributed by atoms with Crippen molar-refractivity contribution in [2.24, 2.45) is 0 Å². The van der Waals surface area contributed by atoms with Crippen LogP contribution >= 0.6 is 0 Å². The average Bonchev–Trinajstić information content (AvgIpc) is 2.68. The first kappa shape index (κ1) is 21.2. The lowest BCUT2D eigenvalue weighted by Gasteiger charge is -2.41. The molecule has 2 aromatic carbocycles. The van der Waals surface area contributed by atoms with E-state index in [2.05, 4.69) is 29.2 Å². The Kier molecular flexibility index (Phi) is 7.15. The van der Waals surface area contributed by atoms with E-state index in [1.807, 2.05) is 62.1 Å². The zero-order chi connectivity index (χ0) is 20.7. The maximum Gasteiger partial charge on any atom is 0.410 e. The van der Waals surface area contributed by atoms with E-state index in [1.54, 1.807) is 0 Å². The summed E-state index contributed by atoms with van der Waals surface area (Å²) >= 11 is 0. The van der Waals surface area contributed by atoms with Gasteiger partial charge in [-0.2, -0.15) is 0 Å². The lowest BCUT2D eigenvalue weighted by molar-refractivity contribution is -0.00561. The Bertz CT molecular complexity index is 759. The predicted octanol–water partition coefficient (Wildman–Crippen LogP) is 4.58. The van der Waals surface area contributed by atoms with Gasteiger partial charge in [0.1, 0.15) is 11.4 Å². The Morgan fingerprint density at radius 1 is 1.00 bits per heavy atom. The summed E-state index contributed by atoms with van der Waals surface area (Å²) in [5.74, 6) is 0.855. The second-order valence-corrected chi connectivity index (χ2v) is 8.50. The fourth-order valence-corrected chi connectivity index (χ4v) is 3.54. The SMILES string of the molecule is CC(C)(C)OC(=O)N1CCN(Cc2ccccc2)C[C@@H]1CCOc1ccccc1. The number of ether oxygens (including phenoxy) is 2.